The number of para-hydroxylation sites is 1. The molecular weight excluding hydrogens is 260 g/mol. The average Bonchev–Trinajstić information content (AvgIpc) is 2.96. The maximum atomic E-state index is 4.41. The summed E-state index contributed by atoms with van der Waals surface area (Å²) in [7, 11) is 0. The molecule has 0 spiro atoms. The van der Waals surface area contributed by atoms with Crippen molar-refractivity contribution in [3.63, 3.8) is 0 Å². The summed E-state index contributed by atoms with van der Waals surface area (Å²) in [5.41, 5.74) is 3.94. The molecule has 3 aromatic rings. The minimum atomic E-state index is 0.898. The number of nitrogens with zero attached hydrogens (tertiary/aromatic N) is 2. The molecule has 0 radical (unpaired) electrons. The molecule has 0 bridgehead atoms. The summed E-state index contributed by atoms with van der Waals surface area (Å²) < 4.78 is 0. The van der Waals surface area contributed by atoms with Crippen molar-refractivity contribution in [2.75, 3.05) is 5.32 Å². The Kier molecular flexibility index (Phi) is 3.78. The second-order valence-electron chi connectivity index (χ2n) is 4.69. The minimum absolute atomic E-state index is 0.898. The number of nitrogens with one attached hydrogen (secondary N) is 2. The third kappa shape index (κ3) is 3.36. The van der Waals surface area contributed by atoms with E-state index in [1.54, 1.807) is 6.34 Å². The number of anilines is 1. The number of H-pyrrole nitrogens is 1. The van der Waals surface area contributed by atoms with E-state index < -0.39 is 0 Å². The fourth-order valence-corrected chi connectivity index (χ4v) is 2.00. The zero-order valence-electron chi connectivity index (χ0n) is 11.7. The van der Waals surface area contributed by atoms with Gasteiger partial charge < -0.3 is 10.3 Å². The van der Waals surface area contributed by atoms with Crippen molar-refractivity contribution in [1.82, 2.24) is 9.97 Å². The van der Waals surface area contributed by atoms with Crippen molar-refractivity contribution >= 4 is 17.7 Å². The second kappa shape index (κ2) is 6.05. The van der Waals surface area contributed by atoms with E-state index in [9.17, 15) is 0 Å². The molecule has 0 unspecified atom stereocenters. The lowest BCUT2D eigenvalue weighted by molar-refractivity contribution is 1.15. The summed E-state index contributed by atoms with van der Waals surface area (Å²) in [5, 5.41) is 3.13. The molecule has 0 saturated carbocycles. The first-order chi connectivity index (χ1) is 10.3. The number of hydrogen-bond acceptors (Lipinski definition) is 2. The predicted molar refractivity (Wildman–Crippen MR) is 87.0 cm³/mol. The first-order valence-corrected chi connectivity index (χ1v) is 6.78. The Balaban J connectivity index is 1.67. The first kappa shape index (κ1) is 13.1. The van der Waals surface area contributed by atoms with E-state index in [4.69, 9.17) is 0 Å². The highest BCUT2D eigenvalue weighted by atomic mass is 14.9. The van der Waals surface area contributed by atoms with E-state index in [1.165, 1.54) is 0 Å². The van der Waals surface area contributed by atoms with Gasteiger partial charge in [-0.1, -0.05) is 30.3 Å². The van der Waals surface area contributed by atoms with Gasteiger partial charge in [0.15, 0.2) is 0 Å². The van der Waals surface area contributed by atoms with Gasteiger partial charge in [0.25, 0.3) is 0 Å². The van der Waals surface area contributed by atoms with Gasteiger partial charge in [-0.15, -0.1) is 0 Å². The number of aliphatic imine (C=N–C) groups is 1. The van der Waals surface area contributed by atoms with E-state index in [2.05, 4.69) is 20.3 Å². The highest BCUT2D eigenvalue weighted by Crippen LogP contribution is 2.20. The SMILES string of the molecule is Cc1nc(-c2ccc(/N=C/Nc3ccccc3)cc2)c[nH]1. The average molecular weight is 276 g/mol. The van der Waals surface area contributed by atoms with Crippen LogP contribution in [0.5, 0.6) is 0 Å². The number of hydrogen-bond donors (Lipinski definition) is 2. The standard InChI is InChI=1S/C17H16N4/c1-13-18-11-17(21-13)14-7-9-16(10-8-14)20-12-19-15-5-3-2-4-6-15/h2-12H,1H3,(H,18,21)(H,19,20). The molecule has 21 heavy (non-hydrogen) atoms. The van der Waals surface area contributed by atoms with E-state index in [1.807, 2.05) is 67.7 Å². The van der Waals surface area contributed by atoms with Crippen molar-refractivity contribution in [1.29, 1.82) is 0 Å². The van der Waals surface area contributed by atoms with Crippen LogP contribution in [0.1, 0.15) is 5.82 Å². The molecule has 104 valence electrons. The van der Waals surface area contributed by atoms with E-state index in [0.29, 0.717) is 0 Å². The molecular formula is C17H16N4. The lowest BCUT2D eigenvalue weighted by Crippen LogP contribution is -1.92. The summed E-state index contributed by atoms with van der Waals surface area (Å²) >= 11 is 0. The van der Waals surface area contributed by atoms with Crippen molar-refractivity contribution in [3.05, 3.63) is 66.6 Å². The number of aromatic nitrogens is 2. The van der Waals surface area contributed by atoms with Crippen LogP contribution in [-0.2, 0) is 0 Å². The Hall–Kier alpha value is -2.88. The predicted octanol–water partition coefficient (Wildman–Crippen LogP) is 4.16. The summed E-state index contributed by atoms with van der Waals surface area (Å²) in [6, 6.07) is 17.9. The third-order valence-corrected chi connectivity index (χ3v) is 3.09. The maximum absolute atomic E-state index is 4.41. The van der Waals surface area contributed by atoms with Crippen LogP contribution >= 0.6 is 0 Å². The van der Waals surface area contributed by atoms with Crippen LogP contribution in [0.2, 0.25) is 0 Å². The van der Waals surface area contributed by atoms with E-state index in [0.717, 1.165) is 28.5 Å². The van der Waals surface area contributed by atoms with Gasteiger partial charge in [0.2, 0.25) is 0 Å². The van der Waals surface area contributed by atoms with Crippen LogP contribution in [0.25, 0.3) is 11.3 Å². The highest BCUT2D eigenvalue weighted by molar-refractivity contribution is 5.78. The fourth-order valence-electron chi connectivity index (χ4n) is 2.00. The van der Waals surface area contributed by atoms with Gasteiger partial charge in [0.1, 0.15) is 5.82 Å². The van der Waals surface area contributed by atoms with E-state index >= 15 is 0 Å². The summed E-state index contributed by atoms with van der Waals surface area (Å²) in [6.07, 6.45) is 3.60. The largest absolute Gasteiger partial charge is 0.348 e. The van der Waals surface area contributed by atoms with Gasteiger partial charge in [-0.2, -0.15) is 0 Å². The molecule has 0 amide bonds. The Labute approximate surface area is 123 Å². The lowest BCUT2D eigenvalue weighted by atomic mass is 10.1. The normalized spacial score (nSPS) is 10.9. The Morgan fingerprint density at radius 1 is 1.05 bits per heavy atom. The van der Waals surface area contributed by atoms with Crippen molar-refractivity contribution in [3.8, 4) is 11.3 Å². The molecule has 0 aliphatic carbocycles. The number of aryl methyl sites for hydroxylation is 1. The first-order valence-electron chi connectivity index (χ1n) is 6.78. The quantitative estimate of drug-likeness (QED) is 0.555. The van der Waals surface area contributed by atoms with Crippen LogP contribution in [0.15, 0.2) is 65.8 Å². The zero-order valence-corrected chi connectivity index (χ0v) is 11.7. The Bertz CT molecular complexity index is 727. The maximum Gasteiger partial charge on any atom is 0.103 e. The summed E-state index contributed by atoms with van der Waals surface area (Å²) in [4.78, 5) is 11.9. The molecule has 0 fully saturated rings. The molecule has 0 saturated heterocycles. The number of imidazole rings is 1. The number of rotatable bonds is 4. The fraction of sp³-hybridized carbons (Fsp3) is 0.0588. The molecule has 2 aromatic carbocycles. The molecule has 0 aliphatic rings. The Morgan fingerprint density at radius 2 is 1.81 bits per heavy atom. The zero-order chi connectivity index (χ0) is 14.5. The minimum Gasteiger partial charge on any atom is -0.348 e. The van der Waals surface area contributed by atoms with Crippen LogP contribution in [-0.4, -0.2) is 16.3 Å². The summed E-state index contributed by atoms with van der Waals surface area (Å²) in [5.74, 6) is 0.916. The van der Waals surface area contributed by atoms with Gasteiger partial charge in [-0.05, 0) is 31.2 Å². The van der Waals surface area contributed by atoms with Crippen LogP contribution in [0.3, 0.4) is 0 Å². The van der Waals surface area contributed by atoms with Gasteiger partial charge in [0.05, 0.1) is 17.7 Å². The third-order valence-electron chi connectivity index (χ3n) is 3.09. The lowest BCUT2D eigenvalue weighted by Gasteiger charge is -2.00. The molecule has 4 heteroatoms. The Morgan fingerprint density at radius 3 is 2.48 bits per heavy atom. The molecule has 1 aromatic heterocycles. The van der Waals surface area contributed by atoms with Gasteiger partial charge in [-0.3, -0.25) is 0 Å². The van der Waals surface area contributed by atoms with Gasteiger partial charge in [-0.25, -0.2) is 9.98 Å². The smallest absolute Gasteiger partial charge is 0.103 e. The molecule has 1 heterocycles. The summed E-state index contributed by atoms with van der Waals surface area (Å²) in [6.45, 7) is 1.94. The van der Waals surface area contributed by atoms with Crippen molar-refractivity contribution in [2.24, 2.45) is 4.99 Å². The molecule has 4 nitrogen and oxygen atoms in total. The van der Waals surface area contributed by atoms with Crippen LogP contribution in [0.4, 0.5) is 11.4 Å². The monoisotopic (exact) mass is 276 g/mol. The molecule has 0 aliphatic heterocycles. The molecule has 2 N–H and O–H groups in total. The second-order valence-corrected chi connectivity index (χ2v) is 4.69. The molecule has 3 rings (SSSR count). The van der Waals surface area contributed by atoms with Gasteiger partial charge in [0, 0.05) is 17.4 Å². The van der Waals surface area contributed by atoms with Crippen molar-refractivity contribution in [2.45, 2.75) is 6.92 Å². The molecule has 0 atom stereocenters. The number of benzene rings is 2. The van der Waals surface area contributed by atoms with Crippen LogP contribution in [0, 0.1) is 6.92 Å². The van der Waals surface area contributed by atoms with Crippen molar-refractivity contribution < 1.29 is 0 Å². The van der Waals surface area contributed by atoms with Gasteiger partial charge >= 0.3 is 0 Å². The van der Waals surface area contributed by atoms with Crippen LogP contribution < -0.4 is 5.32 Å². The highest BCUT2D eigenvalue weighted by Gasteiger charge is 2.00. The van der Waals surface area contributed by atoms with E-state index in [-0.39, 0.29) is 0 Å². The topological polar surface area (TPSA) is 53.1 Å². The number of aromatic amines is 1.